The number of nitrogens with zero attached hydrogens (tertiary/aromatic N) is 3. The van der Waals surface area contributed by atoms with Crippen molar-refractivity contribution in [3.05, 3.63) is 23.9 Å². The number of nitrogens with one attached hydrogen (secondary N) is 2. The molecular formula is C22H30N6O4. The van der Waals surface area contributed by atoms with Crippen LogP contribution in [0.15, 0.2) is 23.3 Å². The van der Waals surface area contributed by atoms with Crippen LogP contribution in [0.3, 0.4) is 0 Å². The van der Waals surface area contributed by atoms with Gasteiger partial charge in [0.25, 0.3) is 0 Å². The number of benzene rings is 1. The summed E-state index contributed by atoms with van der Waals surface area (Å²) >= 11 is 0. The third-order valence-corrected chi connectivity index (χ3v) is 6.00. The Kier molecular flexibility index (Phi) is 6.33. The molecule has 10 heteroatoms. The Bertz CT molecular complexity index is 1030. The van der Waals surface area contributed by atoms with Gasteiger partial charge in [0.2, 0.25) is 5.95 Å². The first-order chi connectivity index (χ1) is 15.4. The number of aliphatic hydroxyl groups is 1. The van der Waals surface area contributed by atoms with Crippen molar-refractivity contribution in [1.29, 1.82) is 0 Å². The van der Waals surface area contributed by atoms with E-state index in [-0.39, 0.29) is 12.1 Å². The highest BCUT2D eigenvalue weighted by molar-refractivity contribution is 6.14. The van der Waals surface area contributed by atoms with Crippen LogP contribution in [-0.4, -0.2) is 77.3 Å². The van der Waals surface area contributed by atoms with Gasteiger partial charge in [-0.25, -0.2) is 9.78 Å². The van der Waals surface area contributed by atoms with Gasteiger partial charge in [-0.3, -0.25) is 10.3 Å². The average molecular weight is 443 g/mol. The number of piperidine rings is 1. The van der Waals surface area contributed by atoms with E-state index < -0.39 is 5.60 Å². The van der Waals surface area contributed by atoms with Gasteiger partial charge in [-0.2, -0.15) is 0 Å². The number of hydrogen-bond donors (Lipinski definition) is 4. The molecule has 10 nitrogen and oxygen atoms in total. The minimum Gasteiger partial charge on any atom is -0.494 e. The summed E-state index contributed by atoms with van der Waals surface area (Å²) in [6.45, 7) is 4.08. The summed E-state index contributed by atoms with van der Waals surface area (Å²) in [5.41, 5.74) is 7.94. The molecule has 32 heavy (non-hydrogen) atoms. The lowest BCUT2D eigenvalue weighted by Crippen LogP contribution is -2.46. The number of aliphatic imine (C=N–C) groups is 1. The fraction of sp³-hybridized carbons (Fsp3) is 0.500. The molecule has 0 aliphatic carbocycles. The summed E-state index contributed by atoms with van der Waals surface area (Å²) in [6, 6.07) is 3.55. The molecule has 1 unspecified atom stereocenters. The van der Waals surface area contributed by atoms with E-state index in [1.807, 2.05) is 12.1 Å². The minimum absolute atomic E-state index is 0.123. The Morgan fingerprint density at radius 3 is 2.91 bits per heavy atom. The van der Waals surface area contributed by atoms with Gasteiger partial charge in [0.05, 0.1) is 25.4 Å². The summed E-state index contributed by atoms with van der Waals surface area (Å²) in [5.74, 6) is 0.911. The monoisotopic (exact) mass is 442 g/mol. The molecule has 2 aliphatic heterocycles. The number of anilines is 1. The van der Waals surface area contributed by atoms with Gasteiger partial charge in [0.1, 0.15) is 16.8 Å². The molecule has 2 aliphatic rings. The molecule has 0 spiro atoms. The molecule has 4 rings (SSSR count). The number of amides is 2. The molecule has 0 radical (unpaired) electrons. The van der Waals surface area contributed by atoms with Crippen LogP contribution in [0.25, 0.3) is 16.6 Å². The zero-order chi connectivity index (χ0) is 22.7. The van der Waals surface area contributed by atoms with Crippen molar-refractivity contribution in [3.8, 4) is 5.75 Å². The minimum atomic E-state index is -0.727. The van der Waals surface area contributed by atoms with Gasteiger partial charge in [0, 0.05) is 43.2 Å². The molecule has 1 aromatic heterocycles. The first-order valence-corrected chi connectivity index (χ1v) is 10.8. The Morgan fingerprint density at radius 2 is 2.25 bits per heavy atom. The number of likely N-dealkylation sites (tertiary alicyclic amines) is 1. The lowest BCUT2D eigenvalue weighted by molar-refractivity contribution is 0.00569. The van der Waals surface area contributed by atoms with Crippen LogP contribution >= 0.6 is 0 Å². The third kappa shape index (κ3) is 4.71. The van der Waals surface area contributed by atoms with E-state index >= 15 is 0 Å². The molecule has 2 aromatic rings. The molecule has 1 atom stereocenters. The number of aromatic amines is 1. The van der Waals surface area contributed by atoms with Crippen LogP contribution in [0, 0.1) is 0 Å². The number of carbonyl (C=O) groups excluding carboxylic acids is 1. The highest BCUT2D eigenvalue weighted by Crippen LogP contribution is 2.31. The maximum absolute atomic E-state index is 12.7. The van der Waals surface area contributed by atoms with E-state index in [0.29, 0.717) is 67.4 Å². The molecule has 172 valence electrons. The molecule has 3 heterocycles. The van der Waals surface area contributed by atoms with E-state index in [4.69, 9.17) is 15.2 Å². The van der Waals surface area contributed by atoms with Crippen molar-refractivity contribution in [1.82, 2.24) is 14.9 Å². The van der Waals surface area contributed by atoms with Crippen LogP contribution in [-0.2, 0) is 4.74 Å². The summed E-state index contributed by atoms with van der Waals surface area (Å²) in [6.07, 6.45) is 5.19. The number of ether oxygens (including phenoxy) is 2. The zero-order valence-electron chi connectivity index (χ0n) is 18.4. The average Bonchev–Trinajstić information content (AvgIpc) is 3.44. The number of H-pyrrole nitrogens is 1. The Morgan fingerprint density at radius 1 is 1.47 bits per heavy atom. The Labute approximate surface area is 186 Å². The highest BCUT2D eigenvalue weighted by Gasteiger charge is 2.30. The standard InChI is InChI=1S/C22H30N6O4/c1-22(30)6-8-28(9-7-22)21(29)27-20-25-18-16(3-4-17(31-2)19(18)26-20)14(11-23)12-24-15-5-10-32-13-15/h3-4,11-12,15,30H,5-10,13,23H2,1-2H3,(H2,25,26,27,29)/b14-11+,24-12?. The highest BCUT2D eigenvalue weighted by atomic mass is 16.5. The molecule has 2 saturated heterocycles. The summed E-state index contributed by atoms with van der Waals surface area (Å²) in [4.78, 5) is 26.7. The van der Waals surface area contributed by atoms with Crippen LogP contribution in [0.1, 0.15) is 31.7 Å². The molecule has 2 fully saturated rings. The number of allylic oxidation sites excluding steroid dienone is 1. The molecule has 1 aromatic carbocycles. The van der Waals surface area contributed by atoms with Gasteiger partial charge in [0.15, 0.2) is 0 Å². The lowest BCUT2D eigenvalue weighted by atomic mass is 9.94. The number of methoxy groups -OCH3 is 1. The number of nitrogens with two attached hydrogens (primary N) is 1. The first kappa shape index (κ1) is 22.1. The van der Waals surface area contributed by atoms with E-state index in [9.17, 15) is 9.90 Å². The van der Waals surface area contributed by atoms with E-state index in [1.54, 1.807) is 25.1 Å². The normalized spacial score (nSPS) is 21.4. The maximum atomic E-state index is 12.7. The second-order valence-corrected chi connectivity index (χ2v) is 8.46. The Hall–Kier alpha value is -3.11. The van der Waals surface area contributed by atoms with Gasteiger partial charge < -0.3 is 30.2 Å². The number of urea groups is 1. The number of carbonyl (C=O) groups is 1. The summed E-state index contributed by atoms with van der Waals surface area (Å²) in [7, 11) is 1.58. The van der Waals surface area contributed by atoms with Gasteiger partial charge in [-0.1, -0.05) is 0 Å². The quantitative estimate of drug-likeness (QED) is 0.523. The number of hydrogen-bond acceptors (Lipinski definition) is 7. The number of fused-ring (bicyclic) bond motifs is 1. The smallest absolute Gasteiger partial charge is 0.324 e. The largest absolute Gasteiger partial charge is 0.494 e. The van der Waals surface area contributed by atoms with Crippen molar-refractivity contribution in [2.45, 2.75) is 37.8 Å². The molecule has 5 N–H and O–H groups in total. The fourth-order valence-electron chi connectivity index (χ4n) is 3.93. The van der Waals surface area contributed by atoms with Gasteiger partial charge in [-0.05, 0) is 38.3 Å². The van der Waals surface area contributed by atoms with Crippen molar-refractivity contribution in [2.75, 3.05) is 38.7 Å². The van der Waals surface area contributed by atoms with Crippen LogP contribution in [0.2, 0.25) is 0 Å². The van der Waals surface area contributed by atoms with Gasteiger partial charge in [-0.15, -0.1) is 0 Å². The van der Waals surface area contributed by atoms with Crippen molar-refractivity contribution < 1.29 is 19.4 Å². The summed E-state index contributed by atoms with van der Waals surface area (Å²) in [5, 5.41) is 12.9. The number of aromatic nitrogens is 2. The fourth-order valence-corrected chi connectivity index (χ4v) is 3.93. The van der Waals surface area contributed by atoms with Crippen LogP contribution in [0.4, 0.5) is 10.7 Å². The second-order valence-electron chi connectivity index (χ2n) is 8.46. The van der Waals surface area contributed by atoms with Crippen LogP contribution < -0.4 is 15.8 Å². The zero-order valence-corrected chi connectivity index (χ0v) is 18.4. The second kappa shape index (κ2) is 9.17. The lowest BCUT2D eigenvalue weighted by Gasteiger charge is -2.35. The SMILES string of the molecule is COc1ccc(/C(C=NC2CCOC2)=C/N)c2nc(NC(=O)N3CCC(C)(O)CC3)[nH]c12. The van der Waals surface area contributed by atoms with Crippen molar-refractivity contribution in [2.24, 2.45) is 10.7 Å². The molecule has 0 bridgehead atoms. The van der Waals surface area contributed by atoms with E-state index in [2.05, 4.69) is 20.3 Å². The predicted octanol–water partition coefficient (Wildman–Crippen LogP) is 2.11. The number of imidazole rings is 1. The van der Waals surface area contributed by atoms with Crippen molar-refractivity contribution in [3.63, 3.8) is 0 Å². The molecule has 2 amide bonds. The predicted molar refractivity (Wildman–Crippen MR) is 123 cm³/mol. The Balaban J connectivity index is 1.58. The van der Waals surface area contributed by atoms with Crippen molar-refractivity contribution >= 4 is 34.8 Å². The van der Waals surface area contributed by atoms with E-state index in [0.717, 1.165) is 12.0 Å². The number of rotatable bonds is 5. The summed E-state index contributed by atoms with van der Waals surface area (Å²) < 4.78 is 10.8. The maximum Gasteiger partial charge on any atom is 0.324 e. The first-order valence-electron chi connectivity index (χ1n) is 10.8. The molecular weight excluding hydrogens is 412 g/mol. The molecule has 0 saturated carbocycles. The third-order valence-electron chi connectivity index (χ3n) is 6.00. The van der Waals surface area contributed by atoms with E-state index in [1.165, 1.54) is 6.20 Å². The van der Waals surface area contributed by atoms with Gasteiger partial charge >= 0.3 is 6.03 Å². The van der Waals surface area contributed by atoms with Crippen LogP contribution in [0.5, 0.6) is 5.75 Å². The topological polar surface area (TPSA) is 138 Å².